The molecule has 3 rings (SSSR count). The minimum atomic E-state index is -6.14. The number of halogens is 4. The predicted octanol–water partition coefficient (Wildman–Crippen LogP) is 3.59. The Morgan fingerprint density at radius 3 is 2.00 bits per heavy atom. The fraction of sp³-hybridized carbons (Fsp3) is 0.381. The topological polar surface area (TPSA) is 81.7 Å². The van der Waals surface area contributed by atoms with Gasteiger partial charge in [0.05, 0.1) is 0 Å². The molecule has 2 atom stereocenters. The van der Waals surface area contributed by atoms with Gasteiger partial charge in [0.25, 0.3) is 0 Å². The second-order valence-corrected chi connectivity index (χ2v) is 9.11. The van der Waals surface area contributed by atoms with Crippen LogP contribution in [0.2, 0.25) is 0 Å². The van der Waals surface area contributed by atoms with E-state index in [0.29, 0.717) is 0 Å². The van der Waals surface area contributed by atoms with Gasteiger partial charge in [0.2, 0.25) is 0 Å². The molecule has 2 aromatic rings. The van der Waals surface area contributed by atoms with Crippen molar-refractivity contribution in [2.45, 2.75) is 30.6 Å². The summed E-state index contributed by atoms with van der Waals surface area (Å²) in [5.74, 6) is -2.20. The zero-order valence-electron chi connectivity index (χ0n) is 17.1. The second-order valence-electron chi connectivity index (χ2n) is 7.57. The summed E-state index contributed by atoms with van der Waals surface area (Å²) in [4.78, 5) is 12.2. The molecule has 0 amide bonds. The molecule has 1 heterocycles. The van der Waals surface area contributed by atoms with Crippen LogP contribution in [-0.2, 0) is 35.0 Å². The maximum absolute atomic E-state index is 13.7. The number of benzene rings is 2. The number of ether oxygens (including phenoxy) is 1. The molecular formula is C21H21F4NO5S. The average Bonchev–Trinajstić information content (AvgIpc) is 2.65. The van der Waals surface area contributed by atoms with E-state index in [9.17, 15) is 30.8 Å². The minimum absolute atomic E-state index is 0.0188. The van der Waals surface area contributed by atoms with Crippen LogP contribution in [0.3, 0.4) is 0 Å². The number of carbonyl (C=O) groups is 1. The van der Waals surface area contributed by atoms with Gasteiger partial charge in [-0.1, -0.05) is 42.5 Å². The Morgan fingerprint density at radius 2 is 1.56 bits per heavy atom. The van der Waals surface area contributed by atoms with Crippen molar-refractivity contribution >= 4 is 16.1 Å². The SMILES string of the molecule is CC(=O)OC(c1ccc(F)cc1)(C1CNC1)C(C)(OS(=O)(=O)C(F)(F)F)c1ccccc1. The van der Waals surface area contributed by atoms with E-state index in [2.05, 4.69) is 5.32 Å². The van der Waals surface area contributed by atoms with Gasteiger partial charge < -0.3 is 10.1 Å². The van der Waals surface area contributed by atoms with Crippen LogP contribution in [0.5, 0.6) is 0 Å². The molecule has 0 spiro atoms. The fourth-order valence-electron chi connectivity index (χ4n) is 3.99. The van der Waals surface area contributed by atoms with Gasteiger partial charge in [0.1, 0.15) is 5.82 Å². The molecule has 6 nitrogen and oxygen atoms in total. The number of hydrogen-bond donors (Lipinski definition) is 1. The Bertz CT molecular complexity index is 1070. The summed E-state index contributed by atoms with van der Waals surface area (Å²) in [5.41, 5.74) is -10.0. The first-order valence-corrected chi connectivity index (χ1v) is 11.0. The lowest BCUT2D eigenvalue weighted by atomic mass is 9.65. The first kappa shape index (κ1) is 24.1. The third kappa shape index (κ3) is 4.12. The smallest absolute Gasteiger partial charge is 0.450 e. The maximum Gasteiger partial charge on any atom is 0.523 e. The molecule has 0 radical (unpaired) electrons. The van der Waals surface area contributed by atoms with Gasteiger partial charge in [-0.05, 0) is 30.2 Å². The summed E-state index contributed by atoms with van der Waals surface area (Å²) in [6, 6.07) is 11.9. The minimum Gasteiger partial charge on any atom is -0.450 e. The van der Waals surface area contributed by atoms with Crippen LogP contribution in [-0.4, -0.2) is 33.0 Å². The molecule has 174 valence electrons. The molecule has 2 aromatic carbocycles. The van der Waals surface area contributed by atoms with Gasteiger partial charge in [-0.2, -0.15) is 21.6 Å². The van der Waals surface area contributed by atoms with E-state index in [1.54, 1.807) is 6.07 Å². The van der Waals surface area contributed by atoms with Crippen molar-refractivity contribution in [3.8, 4) is 0 Å². The Labute approximate surface area is 182 Å². The van der Waals surface area contributed by atoms with Crippen molar-refractivity contribution in [3.63, 3.8) is 0 Å². The van der Waals surface area contributed by atoms with E-state index in [1.165, 1.54) is 36.4 Å². The molecule has 0 saturated carbocycles. The summed E-state index contributed by atoms with van der Waals surface area (Å²) in [6.45, 7) is 2.54. The van der Waals surface area contributed by atoms with Crippen molar-refractivity contribution in [2.24, 2.45) is 5.92 Å². The molecular weight excluding hydrogens is 454 g/mol. The van der Waals surface area contributed by atoms with Crippen molar-refractivity contribution in [1.82, 2.24) is 5.32 Å². The number of carbonyl (C=O) groups excluding carboxylic acids is 1. The summed E-state index contributed by atoms with van der Waals surface area (Å²) >= 11 is 0. The molecule has 1 saturated heterocycles. The average molecular weight is 475 g/mol. The van der Waals surface area contributed by atoms with E-state index in [1.807, 2.05) is 0 Å². The summed E-state index contributed by atoms with van der Waals surface area (Å²) in [6.07, 6.45) is 0. The van der Waals surface area contributed by atoms with Crippen LogP contribution < -0.4 is 5.32 Å². The zero-order valence-corrected chi connectivity index (χ0v) is 18.0. The highest BCUT2D eigenvalue weighted by Crippen LogP contribution is 2.54. The fourth-order valence-corrected chi connectivity index (χ4v) is 4.74. The number of rotatable bonds is 7. The number of hydrogen-bond acceptors (Lipinski definition) is 6. The molecule has 1 aliphatic rings. The molecule has 11 heteroatoms. The molecule has 1 N–H and O–H groups in total. The van der Waals surface area contributed by atoms with Crippen LogP contribution in [0, 0.1) is 11.7 Å². The normalized spacial score (nSPS) is 18.8. The number of esters is 1. The molecule has 32 heavy (non-hydrogen) atoms. The first-order chi connectivity index (χ1) is 14.8. The van der Waals surface area contributed by atoms with Gasteiger partial charge in [-0.3, -0.25) is 4.79 Å². The van der Waals surface area contributed by atoms with Crippen LogP contribution in [0.15, 0.2) is 54.6 Å². The lowest BCUT2D eigenvalue weighted by Gasteiger charge is -2.53. The van der Waals surface area contributed by atoms with Crippen molar-refractivity contribution < 1.29 is 39.7 Å². The highest BCUT2D eigenvalue weighted by molar-refractivity contribution is 7.87. The molecule has 0 aliphatic carbocycles. The van der Waals surface area contributed by atoms with E-state index in [4.69, 9.17) is 8.92 Å². The van der Waals surface area contributed by atoms with Crippen LogP contribution in [0.4, 0.5) is 17.6 Å². The van der Waals surface area contributed by atoms with E-state index < -0.39 is 44.5 Å². The highest BCUT2D eigenvalue weighted by atomic mass is 32.2. The van der Waals surface area contributed by atoms with Crippen molar-refractivity contribution in [2.75, 3.05) is 13.1 Å². The van der Waals surface area contributed by atoms with Gasteiger partial charge in [-0.25, -0.2) is 8.57 Å². The predicted molar refractivity (Wildman–Crippen MR) is 106 cm³/mol. The number of nitrogens with one attached hydrogen (secondary N) is 1. The Balaban J connectivity index is 2.38. The van der Waals surface area contributed by atoms with Gasteiger partial charge in [0, 0.05) is 25.9 Å². The van der Waals surface area contributed by atoms with Crippen LogP contribution >= 0.6 is 0 Å². The molecule has 2 unspecified atom stereocenters. The van der Waals surface area contributed by atoms with Crippen LogP contribution in [0.1, 0.15) is 25.0 Å². The Kier molecular flexibility index (Phi) is 6.38. The largest absolute Gasteiger partial charge is 0.523 e. The summed E-state index contributed by atoms with van der Waals surface area (Å²) < 4.78 is 89.0. The van der Waals surface area contributed by atoms with E-state index in [-0.39, 0.29) is 24.2 Å². The standard InChI is InChI=1S/C21H21F4NO5S/c1-14(27)30-20(17-12-26-13-17,16-8-10-18(22)11-9-16)19(2,15-6-4-3-5-7-15)31-32(28,29)21(23,24)25/h3-11,17,26H,12-13H2,1-2H3. The third-order valence-corrected chi connectivity index (χ3v) is 6.65. The van der Waals surface area contributed by atoms with Gasteiger partial charge >= 0.3 is 21.6 Å². The van der Waals surface area contributed by atoms with Crippen molar-refractivity contribution in [1.29, 1.82) is 0 Å². The van der Waals surface area contributed by atoms with Crippen LogP contribution in [0.25, 0.3) is 0 Å². The third-order valence-electron chi connectivity index (χ3n) is 5.53. The Hall–Kier alpha value is -2.50. The second kappa shape index (κ2) is 8.45. The van der Waals surface area contributed by atoms with Gasteiger partial charge in [-0.15, -0.1) is 0 Å². The molecule has 0 bridgehead atoms. The zero-order chi connectivity index (χ0) is 23.8. The summed E-state index contributed by atoms with van der Waals surface area (Å²) in [7, 11) is -6.14. The van der Waals surface area contributed by atoms with E-state index >= 15 is 0 Å². The van der Waals surface area contributed by atoms with Gasteiger partial charge in [0.15, 0.2) is 11.2 Å². The quantitative estimate of drug-likeness (QED) is 0.285. The first-order valence-electron chi connectivity index (χ1n) is 9.57. The lowest BCUT2D eigenvalue weighted by Crippen LogP contribution is -2.65. The van der Waals surface area contributed by atoms with E-state index in [0.717, 1.165) is 26.0 Å². The van der Waals surface area contributed by atoms with Crippen molar-refractivity contribution in [3.05, 3.63) is 71.5 Å². The maximum atomic E-state index is 13.7. The monoisotopic (exact) mass is 475 g/mol. The molecule has 0 aromatic heterocycles. The molecule has 1 aliphatic heterocycles. The number of alkyl halides is 3. The Morgan fingerprint density at radius 1 is 1.00 bits per heavy atom. The summed E-state index contributed by atoms with van der Waals surface area (Å²) in [5, 5.41) is 2.94. The highest BCUT2D eigenvalue weighted by Gasteiger charge is 2.65. The molecule has 1 fully saturated rings. The lowest BCUT2D eigenvalue weighted by molar-refractivity contribution is -0.217.